The number of amides is 1. The molecule has 0 aromatic heterocycles. The van der Waals surface area contributed by atoms with Crippen molar-refractivity contribution in [3.05, 3.63) is 28.3 Å². The van der Waals surface area contributed by atoms with Crippen LogP contribution in [0.25, 0.3) is 0 Å². The highest BCUT2D eigenvalue weighted by Crippen LogP contribution is 2.31. The normalized spacial score (nSPS) is 20.5. The molecule has 1 aromatic carbocycles. The maximum absolute atomic E-state index is 13.0. The lowest BCUT2D eigenvalue weighted by Crippen LogP contribution is -2.27. The van der Waals surface area contributed by atoms with Crippen molar-refractivity contribution in [1.29, 1.82) is 0 Å². The number of nitrogens with two attached hydrogens (primary N) is 1. The maximum Gasteiger partial charge on any atom is 0.407 e. The SMILES string of the molecule is NS(=O)(=O)c1ccc(OCC2CN(C(=O)O)CC2CF)c([N+](=O)[O-])c1. The molecule has 1 fully saturated rings. The van der Waals surface area contributed by atoms with Crippen molar-refractivity contribution in [1.82, 2.24) is 4.90 Å². The van der Waals surface area contributed by atoms with E-state index in [2.05, 4.69) is 0 Å². The van der Waals surface area contributed by atoms with Gasteiger partial charge in [-0.1, -0.05) is 0 Å². The Balaban J connectivity index is 2.17. The third-order valence-corrected chi connectivity index (χ3v) is 4.86. The zero-order chi connectivity index (χ0) is 18.8. The molecular formula is C13H16FN3O7S. The quantitative estimate of drug-likeness (QED) is 0.549. The Morgan fingerprint density at radius 2 is 2.08 bits per heavy atom. The predicted octanol–water partition coefficient (Wildman–Crippen LogP) is 0.817. The first kappa shape index (κ1) is 18.9. The standard InChI is InChI=1S/C13H16FN3O7S/c14-4-8-5-16(13(18)19)6-9(8)7-24-12-2-1-10(25(15,22)23)3-11(12)17(20)21/h1-3,8-9H,4-7H2,(H,18,19)(H2,15,22,23). The number of hydrogen-bond acceptors (Lipinski definition) is 6. The van der Waals surface area contributed by atoms with E-state index in [1.807, 2.05) is 0 Å². The number of rotatable bonds is 6. The molecular weight excluding hydrogens is 361 g/mol. The van der Waals surface area contributed by atoms with E-state index in [0.29, 0.717) is 0 Å². The van der Waals surface area contributed by atoms with Gasteiger partial charge in [0.1, 0.15) is 0 Å². The van der Waals surface area contributed by atoms with Gasteiger partial charge in [0.2, 0.25) is 10.0 Å². The fraction of sp³-hybridized carbons (Fsp3) is 0.462. The van der Waals surface area contributed by atoms with Crippen molar-refractivity contribution in [2.24, 2.45) is 17.0 Å². The highest BCUT2D eigenvalue weighted by molar-refractivity contribution is 7.89. The molecule has 0 spiro atoms. The van der Waals surface area contributed by atoms with Gasteiger partial charge >= 0.3 is 11.8 Å². The zero-order valence-electron chi connectivity index (χ0n) is 12.9. The van der Waals surface area contributed by atoms with Gasteiger partial charge in [-0.05, 0) is 12.1 Å². The molecule has 2 rings (SSSR count). The zero-order valence-corrected chi connectivity index (χ0v) is 13.7. The molecule has 2 unspecified atom stereocenters. The molecule has 1 aliphatic heterocycles. The third kappa shape index (κ3) is 4.33. The number of halogens is 1. The Morgan fingerprint density at radius 1 is 1.44 bits per heavy atom. The highest BCUT2D eigenvalue weighted by Gasteiger charge is 2.36. The minimum atomic E-state index is -4.12. The van der Waals surface area contributed by atoms with E-state index < -0.39 is 50.1 Å². The molecule has 1 amide bonds. The van der Waals surface area contributed by atoms with Crippen LogP contribution in [-0.4, -0.2) is 55.8 Å². The fourth-order valence-electron chi connectivity index (χ4n) is 2.59. The second-order valence-electron chi connectivity index (χ2n) is 5.60. The van der Waals surface area contributed by atoms with Gasteiger partial charge in [-0.3, -0.25) is 14.5 Å². The number of carboxylic acid groups (broad SMARTS) is 1. The first-order valence-corrected chi connectivity index (χ1v) is 8.66. The van der Waals surface area contributed by atoms with Gasteiger partial charge in [-0.2, -0.15) is 0 Å². The summed E-state index contributed by atoms with van der Waals surface area (Å²) in [4.78, 5) is 21.9. The highest BCUT2D eigenvalue weighted by atomic mass is 32.2. The summed E-state index contributed by atoms with van der Waals surface area (Å²) in [5, 5.41) is 25.0. The van der Waals surface area contributed by atoms with Crippen molar-refractivity contribution >= 4 is 21.8 Å². The van der Waals surface area contributed by atoms with Crippen molar-refractivity contribution < 1.29 is 32.4 Å². The predicted molar refractivity (Wildman–Crippen MR) is 82.5 cm³/mol. The van der Waals surface area contributed by atoms with Crippen LogP contribution in [0.2, 0.25) is 0 Å². The van der Waals surface area contributed by atoms with Gasteiger partial charge in [0.05, 0.1) is 23.1 Å². The number of carbonyl (C=O) groups is 1. The Labute approximate surface area is 142 Å². The topological polar surface area (TPSA) is 153 Å². The molecule has 10 nitrogen and oxygen atoms in total. The minimum absolute atomic E-state index is 0.0201. The van der Waals surface area contributed by atoms with Crippen molar-refractivity contribution in [3.8, 4) is 5.75 Å². The van der Waals surface area contributed by atoms with Crippen LogP contribution in [0, 0.1) is 22.0 Å². The van der Waals surface area contributed by atoms with E-state index in [9.17, 15) is 27.7 Å². The van der Waals surface area contributed by atoms with E-state index >= 15 is 0 Å². The second-order valence-corrected chi connectivity index (χ2v) is 7.17. The van der Waals surface area contributed by atoms with E-state index in [1.54, 1.807) is 0 Å². The van der Waals surface area contributed by atoms with Crippen LogP contribution in [0.3, 0.4) is 0 Å². The van der Waals surface area contributed by atoms with Gasteiger partial charge in [0.15, 0.2) is 5.75 Å². The summed E-state index contributed by atoms with van der Waals surface area (Å²) in [5.74, 6) is -1.25. The summed E-state index contributed by atoms with van der Waals surface area (Å²) in [6.07, 6.45) is -1.18. The summed E-state index contributed by atoms with van der Waals surface area (Å²) in [5.41, 5.74) is -0.601. The first-order valence-electron chi connectivity index (χ1n) is 7.11. The monoisotopic (exact) mass is 377 g/mol. The van der Waals surface area contributed by atoms with E-state index in [1.165, 1.54) is 0 Å². The molecule has 3 N–H and O–H groups in total. The van der Waals surface area contributed by atoms with E-state index in [0.717, 1.165) is 23.1 Å². The maximum atomic E-state index is 13.0. The molecule has 12 heteroatoms. The number of primary sulfonamides is 1. The number of likely N-dealkylation sites (tertiary alicyclic amines) is 1. The van der Waals surface area contributed by atoms with Crippen LogP contribution in [0.4, 0.5) is 14.9 Å². The lowest BCUT2D eigenvalue weighted by Gasteiger charge is -2.16. The number of nitro benzene ring substituents is 1. The molecule has 1 aromatic rings. The summed E-state index contributed by atoms with van der Waals surface area (Å²) >= 11 is 0. The number of nitro groups is 1. The van der Waals surface area contributed by atoms with Gasteiger partial charge in [0, 0.05) is 31.0 Å². The average molecular weight is 377 g/mol. The Bertz CT molecular complexity index is 786. The summed E-state index contributed by atoms with van der Waals surface area (Å²) in [6.45, 7) is -0.822. The molecule has 1 aliphatic rings. The summed E-state index contributed by atoms with van der Waals surface area (Å²) in [6, 6.07) is 2.92. The van der Waals surface area contributed by atoms with Crippen molar-refractivity contribution in [3.63, 3.8) is 0 Å². The van der Waals surface area contributed by atoms with Crippen molar-refractivity contribution in [2.45, 2.75) is 4.90 Å². The largest absolute Gasteiger partial charge is 0.486 e. The molecule has 2 atom stereocenters. The number of sulfonamides is 1. The molecule has 138 valence electrons. The number of hydrogen-bond donors (Lipinski definition) is 2. The number of alkyl halides is 1. The number of benzene rings is 1. The third-order valence-electron chi connectivity index (χ3n) is 3.95. The minimum Gasteiger partial charge on any atom is -0.486 e. The van der Waals surface area contributed by atoms with Crippen LogP contribution in [-0.2, 0) is 10.0 Å². The smallest absolute Gasteiger partial charge is 0.407 e. The molecule has 1 heterocycles. The molecule has 0 bridgehead atoms. The van der Waals surface area contributed by atoms with Crippen LogP contribution in [0.1, 0.15) is 0 Å². The van der Waals surface area contributed by atoms with Crippen molar-refractivity contribution in [2.75, 3.05) is 26.4 Å². The van der Waals surface area contributed by atoms with Gasteiger partial charge in [0.25, 0.3) is 0 Å². The molecule has 25 heavy (non-hydrogen) atoms. The van der Waals surface area contributed by atoms with Gasteiger partial charge < -0.3 is 14.7 Å². The first-order chi connectivity index (χ1) is 11.6. The molecule has 0 saturated carbocycles. The molecule has 0 aliphatic carbocycles. The van der Waals surface area contributed by atoms with Gasteiger partial charge in [-0.25, -0.2) is 18.4 Å². The number of ether oxygens (including phenoxy) is 1. The van der Waals surface area contributed by atoms with E-state index in [-0.39, 0.29) is 25.4 Å². The van der Waals surface area contributed by atoms with Crippen LogP contribution >= 0.6 is 0 Å². The van der Waals surface area contributed by atoms with E-state index in [4.69, 9.17) is 15.0 Å². The second kappa shape index (κ2) is 7.19. The number of nitrogens with zero attached hydrogens (tertiary/aromatic N) is 2. The Morgan fingerprint density at radius 3 is 2.60 bits per heavy atom. The fourth-order valence-corrected chi connectivity index (χ4v) is 3.13. The Kier molecular flexibility index (Phi) is 5.42. The summed E-state index contributed by atoms with van der Waals surface area (Å²) in [7, 11) is -4.12. The van der Waals surface area contributed by atoms with Crippen LogP contribution in [0.5, 0.6) is 5.75 Å². The lowest BCUT2D eigenvalue weighted by molar-refractivity contribution is -0.386. The summed E-state index contributed by atoms with van der Waals surface area (Å²) < 4.78 is 40.9. The van der Waals surface area contributed by atoms with Crippen LogP contribution < -0.4 is 9.88 Å². The molecule has 1 saturated heterocycles. The average Bonchev–Trinajstić information content (AvgIpc) is 2.95. The lowest BCUT2D eigenvalue weighted by atomic mass is 9.98. The van der Waals surface area contributed by atoms with Crippen LogP contribution in [0.15, 0.2) is 23.1 Å². The Hall–Kier alpha value is -2.47. The molecule has 0 radical (unpaired) electrons. The van der Waals surface area contributed by atoms with Gasteiger partial charge in [-0.15, -0.1) is 0 Å².